The molecular weight excluding hydrogens is 324 g/mol. The zero-order valence-corrected chi connectivity index (χ0v) is 16.5. The maximum absolute atomic E-state index is 12.1. The van der Waals surface area contributed by atoms with E-state index in [0.29, 0.717) is 19.3 Å². The molecule has 0 heterocycles. The Bertz CT molecular complexity index is 458. The minimum absolute atomic E-state index is 0.0482. The van der Waals surface area contributed by atoms with Crippen molar-refractivity contribution in [2.24, 2.45) is 5.92 Å². The Hall–Kier alpha value is -1.19. The van der Waals surface area contributed by atoms with Gasteiger partial charge in [-0.3, -0.25) is 4.79 Å². The number of carbonyl (C=O) groups is 1. The fraction of sp³-hybridized carbons (Fsp3) is 0.696. The Morgan fingerprint density at radius 2 is 1.50 bits per heavy atom. The molecule has 0 saturated heterocycles. The summed E-state index contributed by atoms with van der Waals surface area (Å²) >= 11 is 0. The zero-order chi connectivity index (χ0) is 19.0. The van der Waals surface area contributed by atoms with Crippen LogP contribution in [-0.4, -0.2) is 22.6 Å². The molecular formula is C23H38O3. The minimum atomic E-state index is -0.617. The highest BCUT2D eigenvalue weighted by atomic mass is 16.3. The van der Waals surface area contributed by atoms with Crippen molar-refractivity contribution in [3.05, 3.63) is 35.9 Å². The molecule has 2 N–H and O–H groups in total. The van der Waals surface area contributed by atoms with Crippen LogP contribution in [0.5, 0.6) is 0 Å². The van der Waals surface area contributed by atoms with E-state index in [1.807, 2.05) is 30.3 Å². The maximum atomic E-state index is 12.1. The molecule has 0 saturated carbocycles. The van der Waals surface area contributed by atoms with Crippen molar-refractivity contribution in [3.8, 4) is 0 Å². The monoisotopic (exact) mass is 362 g/mol. The molecule has 0 aromatic heterocycles. The number of Topliss-reactive ketones (excluding diaryl/α,β-unsaturated/α-hetero) is 1. The molecule has 0 spiro atoms. The van der Waals surface area contributed by atoms with E-state index in [2.05, 4.69) is 6.92 Å². The van der Waals surface area contributed by atoms with Gasteiger partial charge in [-0.25, -0.2) is 0 Å². The number of rotatable bonds is 16. The first-order valence-corrected chi connectivity index (χ1v) is 10.5. The van der Waals surface area contributed by atoms with Gasteiger partial charge in [-0.2, -0.15) is 0 Å². The summed E-state index contributed by atoms with van der Waals surface area (Å²) in [4.78, 5) is 12.1. The van der Waals surface area contributed by atoms with Gasteiger partial charge in [0, 0.05) is 19.4 Å². The van der Waals surface area contributed by atoms with Gasteiger partial charge in [-0.1, -0.05) is 88.6 Å². The number of carbonyl (C=O) groups excluding carboxylic acids is 1. The minimum Gasteiger partial charge on any atom is -0.396 e. The van der Waals surface area contributed by atoms with E-state index in [0.717, 1.165) is 18.4 Å². The molecule has 1 rings (SSSR count). The summed E-state index contributed by atoms with van der Waals surface area (Å²) in [6.07, 6.45) is 12.0. The average Bonchev–Trinajstić information content (AvgIpc) is 2.66. The quantitative estimate of drug-likeness (QED) is 0.376. The van der Waals surface area contributed by atoms with Gasteiger partial charge in [0.1, 0.15) is 5.78 Å². The van der Waals surface area contributed by atoms with Crippen LogP contribution in [0.1, 0.15) is 95.6 Å². The molecule has 0 bridgehead atoms. The second-order valence-electron chi connectivity index (χ2n) is 7.53. The smallest absolute Gasteiger partial charge is 0.133 e. The van der Waals surface area contributed by atoms with Crippen LogP contribution >= 0.6 is 0 Å². The molecule has 148 valence electrons. The predicted molar refractivity (Wildman–Crippen MR) is 108 cm³/mol. The normalized spacial score (nSPS) is 13.5. The molecule has 3 heteroatoms. The van der Waals surface area contributed by atoms with E-state index in [9.17, 15) is 15.0 Å². The van der Waals surface area contributed by atoms with E-state index < -0.39 is 6.10 Å². The Balaban J connectivity index is 2.12. The highest BCUT2D eigenvalue weighted by Gasteiger charge is 2.18. The fourth-order valence-corrected chi connectivity index (χ4v) is 3.41. The number of aliphatic hydroxyl groups excluding tert-OH is 2. The lowest BCUT2D eigenvalue weighted by molar-refractivity contribution is -0.120. The van der Waals surface area contributed by atoms with Gasteiger partial charge in [-0.15, -0.1) is 0 Å². The number of benzene rings is 1. The van der Waals surface area contributed by atoms with E-state index >= 15 is 0 Å². The van der Waals surface area contributed by atoms with Crippen molar-refractivity contribution in [2.75, 3.05) is 6.61 Å². The van der Waals surface area contributed by atoms with Gasteiger partial charge >= 0.3 is 0 Å². The number of ketones is 1. The number of hydrogen-bond donors (Lipinski definition) is 2. The van der Waals surface area contributed by atoms with Crippen LogP contribution in [-0.2, 0) is 4.79 Å². The second-order valence-corrected chi connectivity index (χ2v) is 7.53. The molecule has 1 aromatic carbocycles. The molecule has 2 atom stereocenters. The summed E-state index contributed by atoms with van der Waals surface area (Å²) in [5, 5.41) is 19.8. The number of aliphatic hydroxyl groups is 2. The average molecular weight is 363 g/mol. The fourth-order valence-electron chi connectivity index (χ4n) is 3.41. The SMILES string of the molecule is CCCCCCCCCCCC(=O)C[C@@H](CO)C[C@@H](O)c1ccccc1. The summed E-state index contributed by atoms with van der Waals surface area (Å²) < 4.78 is 0. The van der Waals surface area contributed by atoms with Gasteiger partial charge in [-0.05, 0) is 24.3 Å². The lowest BCUT2D eigenvalue weighted by atomic mass is 9.92. The standard InChI is InChI=1S/C23H38O3/c1-2-3-4-5-6-7-8-9-13-16-22(25)17-20(19-24)18-23(26)21-14-11-10-12-15-21/h10-12,14-15,20,23-24,26H,2-9,13,16-19H2,1H3/t20-,23-/m1/s1. The maximum Gasteiger partial charge on any atom is 0.133 e. The number of hydrogen-bond acceptors (Lipinski definition) is 3. The Kier molecular flexibility index (Phi) is 13.1. The highest BCUT2D eigenvalue weighted by molar-refractivity contribution is 5.78. The molecule has 0 aliphatic rings. The molecule has 0 aliphatic carbocycles. The molecule has 0 unspecified atom stereocenters. The first kappa shape index (κ1) is 22.9. The zero-order valence-electron chi connectivity index (χ0n) is 16.5. The molecule has 0 amide bonds. The Morgan fingerprint density at radius 1 is 0.923 bits per heavy atom. The lowest BCUT2D eigenvalue weighted by Crippen LogP contribution is -2.16. The van der Waals surface area contributed by atoms with E-state index in [4.69, 9.17) is 0 Å². The van der Waals surface area contributed by atoms with Gasteiger partial charge in [0.05, 0.1) is 6.10 Å². The van der Waals surface area contributed by atoms with Crippen LogP contribution < -0.4 is 0 Å². The largest absolute Gasteiger partial charge is 0.396 e. The van der Waals surface area contributed by atoms with Crippen LogP contribution in [0.25, 0.3) is 0 Å². The van der Waals surface area contributed by atoms with Crippen LogP contribution in [0, 0.1) is 5.92 Å². The van der Waals surface area contributed by atoms with Gasteiger partial charge in [0.2, 0.25) is 0 Å². The summed E-state index contributed by atoms with van der Waals surface area (Å²) in [5.74, 6) is 0.0588. The summed E-state index contributed by atoms with van der Waals surface area (Å²) in [5.41, 5.74) is 0.845. The van der Waals surface area contributed by atoms with Crippen LogP contribution in [0.2, 0.25) is 0 Å². The van der Waals surface area contributed by atoms with Crippen LogP contribution in [0.15, 0.2) is 30.3 Å². The van der Waals surface area contributed by atoms with Crippen molar-refractivity contribution in [1.82, 2.24) is 0 Å². The molecule has 0 fully saturated rings. The lowest BCUT2D eigenvalue weighted by Gasteiger charge is -2.18. The predicted octanol–water partition coefficient (Wildman–Crippen LogP) is 5.60. The van der Waals surface area contributed by atoms with E-state index in [1.54, 1.807) is 0 Å². The van der Waals surface area contributed by atoms with Crippen LogP contribution in [0.3, 0.4) is 0 Å². The third-order valence-corrected chi connectivity index (χ3v) is 5.07. The third-order valence-electron chi connectivity index (χ3n) is 5.07. The number of unbranched alkanes of at least 4 members (excludes halogenated alkanes) is 8. The first-order valence-electron chi connectivity index (χ1n) is 10.5. The Labute approximate surface area is 159 Å². The van der Waals surface area contributed by atoms with E-state index in [-0.39, 0.29) is 18.3 Å². The topological polar surface area (TPSA) is 57.5 Å². The molecule has 3 nitrogen and oxygen atoms in total. The summed E-state index contributed by atoms with van der Waals surface area (Å²) in [6, 6.07) is 9.45. The van der Waals surface area contributed by atoms with Crippen molar-refractivity contribution in [3.63, 3.8) is 0 Å². The van der Waals surface area contributed by atoms with Gasteiger partial charge in [0.25, 0.3) is 0 Å². The van der Waals surface area contributed by atoms with Gasteiger partial charge < -0.3 is 10.2 Å². The van der Waals surface area contributed by atoms with Crippen molar-refractivity contribution in [2.45, 2.75) is 90.1 Å². The van der Waals surface area contributed by atoms with Crippen LogP contribution in [0.4, 0.5) is 0 Å². The molecule has 0 radical (unpaired) electrons. The van der Waals surface area contributed by atoms with Gasteiger partial charge in [0.15, 0.2) is 0 Å². The van der Waals surface area contributed by atoms with Crippen molar-refractivity contribution >= 4 is 5.78 Å². The molecule has 1 aromatic rings. The van der Waals surface area contributed by atoms with E-state index in [1.165, 1.54) is 44.9 Å². The second kappa shape index (κ2) is 14.9. The van der Waals surface area contributed by atoms with Crippen molar-refractivity contribution < 1.29 is 15.0 Å². The third kappa shape index (κ3) is 10.7. The Morgan fingerprint density at radius 3 is 2.08 bits per heavy atom. The highest BCUT2D eigenvalue weighted by Crippen LogP contribution is 2.23. The summed E-state index contributed by atoms with van der Waals surface area (Å²) in [6.45, 7) is 2.19. The first-order chi connectivity index (χ1) is 12.7. The molecule has 26 heavy (non-hydrogen) atoms. The summed E-state index contributed by atoms with van der Waals surface area (Å²) in [7, 11) is 0. The van der Waals surface area contributed by atoms with Crippen molar-refractivity contribution in [1.29, 1.82) is 0 Å². The molecule has 0 aliphatic heterocycles.